The van der Waals surface area contributed by atoms with Gasteiger partial charge in [-0.1, -0.05) is 30.3 Å². The summed E-state index contributed by atoms with van der Waals surface area (Å²) in [6, 6.07) is 8.98. The van der Waals surface area contributed by atoms with Crippen LogP contribution in [0.3, 0.4) is 0 Å². The summed E-state index contributed by atoms with van der Waals surface area (Å²) in [7, 11) is 1.30. The number of aliphatic hydroxyl groups is 6. The molecule has 0 spiro atoms. The molecular formula is C20H28O12. The van der Waals surface area contributed by atoms with Gasteiger partial charge in [-0.05, 0) is 0 Å². The average Bonchev–Trinajstić information content (AvgIpc) is 2.82. The number of hydrogen-bond donors (Lipinski definition) is 6. The predicted molar refractivity (Wildman–Crippen MR) is 101 cm³/mol. The molecule has 1 aromatic carbocycles. The minimum atomic E-state index is -2.89. The minimum Gasteiger partial charge on any atom is -0.394 e. The normalized spacial score (nSPS) is 47.1. The quantitative estimate of drug-likeness (QED) is 0.252. The van der Waals surface area contributed by atoms with E-state index < -0.39 is 74.0 Å². The van der Waals surface area contributed by atoms with Gasteiger partial charge >= 0.3 is 5.97 Å². The highest BCUT2D eigenvalue weighted by Gasteiger charge is 2.59. The van der Waals surface area contributed by atoms with Crippen molar-refractivity contribution in [2.75, 3.05) is 20.3 Å². The van der Waals surface area contributed by atoms with Gasteiger partial charge < -0.3 is 59.1 Å². The van der Waals surface area contributed by atoms with Crippen molar-refractivity contribution < 1.29 is 59.1 Å². The van der Waals surface area contributed by atoms with Gasteiger partial charge in [-0.25, -0.2) is 0 Å². The largest absolute Gasteiger partial charge is 0.394 e. The SMILES string of the molecule is COC1OC2COC(c3ccccc3)OC2C(O[C@]2(O)OC(CO)C(O)C(O)C2O)C1O. The van der Waals surface area contributed by atoms with Crippen molar-refractivity contribution in [3.8, 4) is 0 Å². The highest BCUT2D eigenvalue weighted by atomic mass is 16.9. The Kier molecular flexibility index (Phi) is 7.12. The van der Waals surface area contributed by atoms with Gasteiger partial charge in [0.1, 0.15) is 42.7 Å². The van der Waals surface area contributed by atoms with E-state index in [1.807, 2.05) is 6.07 Å². The van der Waals surface area contributed by atoms with Gasteiger partial charge in [0.25, 0.3) is 0 Å². The zero-order valence-electron chi connectivity index (χ0n) is 17.2. The fourth-order valence-corrected chi connectivity index (χ4v) is 4.09. The molecule has 1 aromatic rings. The second-order valence-corrected chi connectivity index (χ2v) is 7.92. The number of hydrogen-bond acceptors (Lipinski definition) is 12. The van der Waals surface area contributed by atoms with Crippen molar-refractivity contribution in [3.63, 3.8) is 0 Å². The van der Waals surface area contributed by atoms with Crippen LogP contribution in [0.15, 0.2) is 30.3 Å². The van der Waals surface area contributed by atoms with E-state index in [4.69, 9.17) is 28.4 Å². The Morgan fingerprint density at radius 1 is 1.03 bits per heavy atom. The molecule has 3 saturated heterocycles. The van der Waals surface area contributed by atoms with Crippen molar-refractivity contribution >= 4 is 0 Å². The molecule has 0 bridgehead atoms. The molecule has 4 rings (SSSR count). The first-order valence-corrected chi connectivity index (χ1v) is 10.2. The van der Waals surface area contributed by atoms with Crippen LogP contribution in [0.1, 0.15) is 11.9 Å². The smallest absolute Gasteiger partial charge is 0.311 e. The summed E-state index contributed by atoms with van der Waals surface area (Å²) in [6.45, 7) is -0.737. The highest BCUT2D eigenvalue weighted by molar-refractivity contribution is 5.16. The van der Waals surface area contributed by atoms with Crippen LogP contribution in [0.5, 0.6) is 0 Å². The third-order valence-electron chi connectivity index (χ3n) is 5.84. The first-order chi connectivity index (χ1) is 15.3. The molecule has 0 aliphatic carbocycles. The van der Waals surface area contributed by atoms with Crippen LogP contribution < -0.4 is 0 Å². The molecule has 12 nitrogen and oxygen atoms in total. The number of ether oxygens (including phenoxy) is 6. The topological polar surface area (TPSA) is 177 Å². The van der Waals surface area contributed by atoms with Gasteiger partial charge in [-0.2, -0.15) is 0 Å². The van der Waals surface area contributed by atoms with E-state index >= 15 is 0 Å². The van der Waals surface area contributed by atoms with Gasteiger partial charge in [0.05, 0.1) is 13.2 Å². The predicted octanol–water partition coefficient (Wildman–Crippen LogP) is -2.66. The zero-order chi connectivity index (χ0) is 23.0. The van der Waals surface area contributed by atoms with Gasteiger partial charge in [0.2, 0.25) is 0 Å². The monoisotopic (exact) mass is 460 g/mol. The summed E-state index contributed by atoms with van der Waals surface area (Å²) >= 11 is 0. The zero-order valence-corrected chi connectivity index (χ0v) is 17.2. The van der Waals surface area contributed by atoms with Crippen LogP contribution in [0, 0.1) is 0 Å². The number of rotatable bonds is 5. The summed E-state index contributed by atoms with van der Waals surface area (Å²) in [5, 5.41) is 61.5. The average molecular weight is 460 g/mol. The molecule has 10 unspecified atom stereocenters. The summed E-state index contributed by atoms with van der Waals surface area (Å²) in [4.78, 5) is 0. The molecule has 3 aliphatic rings. The van der Waals surface area contributed by atoms with Gasteiger partial charge in [0, 0.05) is 12.7 Å². The molecule has 3 heterocycles. The lowest BCUT2D eigenvalue weighted by Gasteiger charge is -2.51. The first-order valence-electron chi connectivity index (χ1n) is 10.2. The van der Waals surface area contributed by atoms with Crippen molar-refractivity contribution in [1.82, 2.24) is 0 Å². The molecule has 3 fully saturated rings. The van der Waals surface area contributed by atoms with Gasteiger partial charge in [-0.15, -0.1) is 0 Å². The maximum atomic E-state index is 10.9. The lowest BCUT2D eigenvalue weighted by molar-refractivity contribution is -0.480. The second kappa shape index (κ2) is 9.54. The second-order valence-electron chi connectivity index (χ2n) is 7.92. The first kappa shape index (κ1) is 23.9. The molecule has 32 heavy (non-hydrogen) atoms. The fourth-order valence-electron chi connectivity index (χ4n) is 4.09. The van der Waals surface area contributed by atoms with Crippen LogP contribution in [0.2, 0.25) is 0 Å². The molecular weight excluding hydrogens is 432 g/mol. The fraction of sp³-hybridized carbons (Fsp3) is 0.700. The van der Waals surface area contributed by atoms with Gasteiger partial charge in [0.15, 0.2) is 18.7 Å². The molecule has 180 valence electrons. The molecule has 0 saturated carbocycles. The maximum absolute atomic E-state index is 10.9. The molecule has 12 heteroatoms. The summed E-state index contributed by atoms with van der Waals surface area (Å²) in [5.74, 6) is -2.89. The molecule has 0 aromatic heterocycles. The van der Waals surface area contributed by atoms with Crippen molar-refractivity contribution in [2.24, 2.45) is 0 Å². The summed E-state index contributed by atoms with van der Waals surface area (Å²) < 4.78 is 33.3. The maximum Gasteiger partial charge on any atom is 0.311 e. The Bertz CT molecular complexity index is 749. The molecule has 3 aliphatic heterocycles. The van der Waals surface area contributed by atoms with Crippen molar-refractivity contribution in [1.29, 1.82) is 0 Å². The van der Waals surface area contributed by atoms with Crippen LogP contribution in [-0.4, -0.2) is 112 Å². The van der Waals surface area contributed by atoms with Crippen LogP contribution >= 0.6 is 0 Å². The van der Waals surface area contributed by atoms with E-state index in [9.17, 15) is 30.6 Å². The third-order valence-corrected chi connectivity index (χ3v) is 5.84. The lowest BCUT2D eigenvalue weighted by Crippen LogP contribution is -2.70. The van der Waals surface area contributed by atoms with Crippen LogP contribution in [-0.2, 0) is 28.4 Å². The van der Waals surface area contributed by atoms with E-state index in [0.29, 0.717) is 5.56 Å². The number of fused-ring (bicyclic) bond motifs is 1. The van der Waals surface area contributed by atoms with E-state index in [2.05, 4.69) is 0 Å². The van der Waals surface area contributed by atoms with E-state index in [0.717, 1.165) is 0 Å². The number of benzene rings is 1. The van der Waals surface area contributed by atoms with E-state index in [1.165, 1.54) is 7.11 Å². The van der Waals surface area contributed by atoms with Crippen LogP contribution in [0.4, 0.5) is 0 Å². The summed E-state index contributed by atoms with van der Waals surface area (Å²) in [5.41, 5.74) is 0.694. The van der Waals surface area contributed by atoms with E-state index in [-0.39, 0.29) is 6.61 Å². The minimum absolute atomic E-state index is 0.0408. The molecule has 0 radical (unpaired) electrons. The lowest BCUT2D eigenvalue weighted by atomic mass is 9.95. The Morgan fingerprint density at radius 2 is 1.75 bits per heavy atom. The third kappa shape index (κ3) is 4.30. The Hall–Kier alpha value is -1.26. The van der Waals surface area contributed by atoms with E-state index in [1.54, 1.807) is 24.3 Å². The highest BCUT2D eigenvalue weighted by Crippen LogP contribution is 2.39. The molecule has 6 N–H and O–H groups in total. The number of aliphatic hydroxyl groups excluding tert-OH is 5. The van der Waals surface area contributed by atoms with Crippen molar-refractivity contribution in [2.45, 2.75) is 67.4 Å². The Labute approximate surface area is 183 Å². The molecule has 0 amide bonds. The number of methoxy groups -OCH3 is 1. The Balaban J connectivity index is 1.60. The summed E-state index contributed by atoms with van der Waals surface area (Å²) in [6.07, 6.45) is -13.9. The van der Waals surface area contributed by atoms with Crippen LogP contribution in [0.25, 0.3) is 0 Å². The standard InChI is InChI=1S/C20H28O12/c1-27-19-14(24)16(32-20(26)17(25)13(23)12(22)10(7-21)31-20)15-11(29-19)8-28-18(30-15)9-5-3-2-4-6-9/h2-6,10-19,21-26H,7-8H2,1H3/t10?,11?,12?,13?,14?,15?,16?,17?,18?,19?,20-/m1/s1. The van der Waals surface area contributed by atoms with Crippen molar-refractivity contribution in [3.05, 3.63) is 35.9 Å². The molecule has 11 atom stereocenters. The Morgan fingerprint density at radius 3 is 2.41 bits per heavy atom. The van der Waals surface area contributed by atoms with Gasteiger partial charge in [-0.3, -0.25) is 0 Å².